The molecule has 0 heterocycles. The van der Waals surface area contributed by atoms with Gasteiger partial charge in [0.25, 0.3) is 0 Å². The summed E-state index contributed by atoms with van der Waals surface area (Å²) in [7, 11) is 4.18. The molecule has 0 saturated carbocycles. The molecule has 0 aliphatic carbocycles. The van der Waals surface area contributed by atoms with Crippen molar-refractivity contribution in [1.29, 1.82) is 0 Å². The van der Waals surface area contributed by atoms with Gasteiger partial charge in [0.1, 0.15) is 5.82 Å². The normalized spacial score (nSPS) is 11.0. The number of aryl methyl sites for hydroxylation is 2. The smallest absolute Gasteiger partial charge is 0.162 e. The molecule has 0 N–H and O–H groups in total. The van der Waals surface area contributed by atoms with Crippen molar-refractivity contribution in [2.75, 3.05) is 20.6 Å². The molecule has 0 spiro atoms. The van der Waals surface area contributed by atoms with Gasteiger partial charge in [-0.1, -0.05) is 24.3 Å². The average Bonchev–Trinajstić information content (AvgIpc) is 2.56. The maximum atomic E-state index is 12.9. The molecule has 0 unspecified atom stereocenters. The Kier molecular flexibility index (Phi) is 7.13. The molecule has 0 saturated heterocycles. The zero-order valence-electron chi connectivity index (χ0n) is 14.6. The largest absolute Gasteiger partial charge is 0.309 e. The minimum absolute atomic E-state index is 0.0834. The van der Waals surface area contributed by atoms with Crippen LogP contribution in [0.3, 0.4) is 0 Å². The molecule has 3 heteroatoms. The van der Waals surface area contributed by atoms with Crippen LogP contribution in [0.5, 0.6) is 0 Å². The van der Waals surface area contributed by atoms with E-state index in [1.165, 1.54) is 23.3 Å². The molecule has 0 fully saturated rings. The first-order valence-corrected chi connectivity index (χ1v) is 8.56. The summed E-state index contributed by atoms with van der Waals surface area (Å²) in [6.07, 6.45) is 4.43. The fraction of sp³-hybridized carbons (Fsp3) is 0.381. The molecule has 128 valence electrons. The SMILES string of the molecule is CN(C)CCCc1ccccc1CCCC(=O)c1ccc(F)cc1. The van der Waals surface area contributed by atoms with Gasteiger partial charge in [-0.05, 0) is 81.7 Å². The molecule has 2 aromatic rings. The van der Waals surface area contributed by atoms with Gasteiger partial charge in [-0.15, -0.1) is 0 Å². The van der Waals surface area contributed by atoms with Gasteiger partial charge in [0, 0.05) is 12.0 Å². The molecule has 2 nitrogen and oxygen atoms in total. The molecule has 0 radical (unpaired) electrons. The fourth-order valence-corrected chi connectivity index (χ4v) is 2.85. The van der Waals surface area contributed by atoms with Gasteiger partial charge < -0.3 is 4.90 Å². The van der Waals surface area contributed by atoms with Crippen molar-refractivity contribution in [3.05, 3.63) is 71.0 Å². The van der Waals surface area contributed by atoms with Crippen LogP contribution in [0.2, 0.25) is 0 Å². The van der Waals surface area contributed by atoms with E-state index in [0.29, 0.717) is 12.0 Å². The third-order valence-electron chi connectivity index (χ3n) is 4.19. The standard InChI is InChI=1S/C21H26FNO/c1-23(2)16-6-10-18-8-4-3-7-17(18)9-5-11-21(24)19-12-14-20(22)15-13-19/h3-4,7-8,12-15H,5-6,9-11,16H2,1-2H3. The molecule has 24 heavy (non-hydrogen) atoms. The van der Waals surface area contributed by atoms with E-state index in [0.717, 1.165) is 32.2 Å². The lowest BCUT2D eigenvalue weighted by Gasteiger charge is -2.12. The highest BCUT2D eigenvalue weighted by Gasteiger charge is 2.07. The zero-order valence-corrected chi connectivity index (χ0v) is 14.6. The van der Waals surface area contributed by atoms with Crippen molar-refractivity contribution < 1.29 is 9.18 Å². The lowest BCUT2D eigenvalue weighted by atomic mass is 9.97. The molecule has 0 amide bonds. The van der Waals surface area contributed by atoms with Gasteiger partial charge in [0.15, 0.2) is 5.78 Å². The third kappa shape index (κ3) is 5.89. The van der Waals surface area contributed by atoms with E-state index in [1.54, 1.807) is 12.1 Å². The number of carbonyl (C=O) groups excluding carboxylic acids is 1. The van der Waals surface area contributed by atoms with Crippen molar-refractivity contribution in [2.24, 2.45) is 0 Å². The van der Waals surface area contributed by atoms with Crippen molar-refractivity contribution in [2.45, 2.75) is 32.1 Å². The van der Waals surface area contributed by atoms with E-state index in [-0.39, 0.29) is 11.6 Å². The van der Waals surface area contributed by atoms with Gasteiger partial charge in [-0.25, -0.2) is 4.39 Å². The summed E-state index contributed by atoms with van der Waals surface area (Å²) in [6, 6.07) is 14.3. The summed E-state index contributed by atoms with van der Waals surface area (Å²) in [5, 5.41) is 0. The maximum Gasteiger partial charge on any atom is 0.162 e. The second kappa shape index (κ2) is 9.33. The number of halogens is 1. The molecule has 0 aromatic heterocycles. The van der Waals surface area contributed by atoms with Crippen LogP contribution in [0.1, 0.15) is 40.7 Å². The van der Waals surface area contributed by atoms with Crippen molar-refractivity contribution >= 4 is 5.78 Å². The number of rotatable bonds is 9. The molecule has 0 aliphatic rings. The number of Topliss-reactive ketones (excluding diaryl/α,β-unsaturated/α-hetero) is 1. The average molecular weight is 327 g/mol. The lowest BCUT2D eigenvalue weighted by Crippen LogP contribution is -2.13. The van der Waals surface area contributed by atoms with E-state index < -0.39 is 0 Å². The van der Waals surface area contributed by atoms with Gasteiger partial charge in [0.05, 0.1) is 0 Å². The maximum absolute atomic E-state index is 12.9. The van der Waals surface area contributed by atoms with Crippen LogP contribution in [0, 0.1) is 5.82 Å². The third-order valence-corrected chi connectivity index (χ3v) is 4.19. The Bertz CT molecular complexity index is 649. The van der Waals surface area contributed by atoms with Gasteiger partial charge in [-0.2, -0.15) is 0 Å². The molecular weight excluding hydrogens is 301 g/mol. The molecule has 0 atom stereocenters. The van der Waals surface area contributed by atoms with E-state index in [9.17, 15) is 9.18 Å². The summed E-state index contributed by atoms with van der Waals surface area (Å²) < 4.78 is 12.9. The van der Waals surface area contributed by atoms with Crippen molar-refractivity contribution in [3.63, 3.8) is 0 Å². The Labute approximate surface area is 144 Å². The van der Waals surface area contributed by atoms with Crippen LogP contribution in [-0.2, 0) is 12.8 Å². The summed E-state index contributed by atoms with van der Waals surface area (Å²) in [5.41, 5.74) is 3.31. The first-order valence-electron chi connectivity index (χ1n) is 8.56. The Balaban J connectivity index is 1.85. The number of benzene rings is 2. The molecule has 0 bridgehead atoms. The molecule has 2 rings (SSSR count). The van der Waals surface area contributed by atoms with Crippen LogP contribution in [0.4, 0.5) is 4.39 Å². The predicted octanol–water partition coefficient (Wildman–Crippen LogP) is 4.53. The first-order chi connectivity index (χ1) is 11.6. The van der Waals surface area contributed by atoms with Crippen molar-refractivity contribution in [3.8, 4) is 0 Å². The number of carbonyl (C=O) groups is 1. The number of hydrogen-bond acceptors (Lipinski definition) is 2. The second-order valence-corrected chi connectivity index (χ2v) is 6.46. The number of ketones is 1. The summed E-state index contributed by atoms with van der Waals surface area (Å²) in [5.74, 6) is -0.224. The Hall–Kier alpha value is -2.00. The first kappa shape index (κ1) is 18.3. The summed E-state index contributed by atoms with van der Waals surface area (Å²) in [6.45, 7) is 1.08. The van der Waals surface area contributed by atoms with Crippen LogP contribution in [-0.4, -0.2) is 31.3 Å². The second-order valence-electron chi connectivity index (χ2n) is 6.46. The summed E-state index contributed by atoms with van der Waals surface area (Å²) in [4.78, 5) is 14.3. The van der Waals surface area contributed by atoms with Crippen LogP contribution >= 0.6 is 0 Å². The minimum atomic E-state index is -0.307. The quantitative estimate of drug-likeness (QED) is 0.631. The monoisotopic (exact) mass is 327 g/mol. The Morgan fingerprint density at radius 3 is 2.08 bits per heavy atom. The highest BCUT2D eigenvalue weighted by atomic mass is 19.1. The topological polar surface area (TPSA) is 20.3 Å². The molecule has 0 aliphatic heterocycles. The molecule has 2 aromatic carbocycles. The van der Waals surface area contributed by atoms with E-state index in [2.05, 4.69) is 43.3 Å². The van der Waals surface area contributed by atoms with Crippen LogP contribution in [0.15, 0.2) is 48.5 Å². The zero-order chi connectivity index (χ0) is 17.4. The number of hydrogen-bond donors (Lipinski definition) is 0. The van der Waals surface area contributed by atoms with Gasteiger partial charge >= 0.3 is 0 Å². The van der Waals surface area contributed by atoms with Crippen LogP contribution in [0.25, 0.3) is 0 Å². The minimum Gasteiger partial charge on any atom is -0.309 e. The van der Waals surface area contributed by atoms with Crippen LogP contribution < -0.4 is 0 Å². The molecular formula is C21H26FNO. The van der Waals surface area contributed by atoms with Crippen molar-refractivity contribution in [1.82, 2.24) is 4.90 Å². The number of nitrogens with zero attached hydrogens (tertiary/aromatic N) is 1. The Morgan fingerprint density at radius 1 is 0.917 bits per heavy atom. The Morgan fingerprint density at radius 2 is 1.50 bits per heavy atom. The van der Waals surface area contributed by atoms with Gasteiger partial charge in [-0.3, -0.25) is 4.79 Å². The summed E-state index contributed by atoms with van der Waals surface area (Å²) >= 11 is 0. The highest BCUT2D eigenvalue weighted by Crippen LogP contribution is 2.16. The van der Waals surface area contributed by atoms with E-state index in [4.69, 9.17) is 0 Å². The highest BCUT2D eigenvalue weighted by molar-refractivity contribution is 5.95. The van der Waals surface area contributed by atoms with Gasteiger partial charge in [0.2, 0.25) is 0 Å². The predicted molar refractivity (Wildman–Crippen MR) is 97.0 cm³/mol. The lowest BCUT2D eigenvalue weighted by molar-refractivity contribution is 0.0980. The van der Waals surface area contributed by atoms with E-state index >= 15 is 0 Å². The fourth-order valence-electron chi connectivity index (χ4n) is 2.85. The van der Waals surface area contributed by atoms with E-state index in [1.807, 2.05) is 0 Å².